The molecule has 5 heteroatoms. The number of para-hydroxylation sites is 2. The second kappa shape index (κ2) is 8.29. The fraction of sp³-hybridized carbons (Fsp3) is 0.562. The highest BCUT2D eigenvalue weighted by molar-refractivity contribution is 8.00. The molecule has 4 nitrogen and oxygen atoms in total. The van der Waals surface area contributed by atoms with Crippen LogP contribution in [-0.4, -0.2) is 36.1 Å². The van der Waals surface area contributed by atoms with Crippen LogP contribution in [0.2, 0.25) is 0 Å². The number of amides is 1. The number of anilines is 1. The number of carbonyl (C=O) groups excluding carboxylic acids is 1. The van der Waals surface area contributed by atoms with E-state index in [0.29, 0.717) is 11.0 Å². The van der Waals surface area contributed by atoms with Gasteiger partial charge in [0.1, 0.15) is 5.75 Å². The van der Waals surface area contributed by atoms with Crippen LogP contribution in [0.1, 0.15) is 26.7 Å². The highest BCUT2D eigenvalue weighted by atomic mass is 32.2. The van der Waals surface area contributed by atoms with Crippen LogP contribution >= 0.6 is 11.8 Å². The molecule has 0 unspecified atom stereocenters. The normalized spacial score (nSPS) is 16.0. The monoisotopic (exact) mass is 308 g/mol. The van der Waals surface area contributed by atoms with Crippen LogP contribution in [0.25, 0.3) is 0 Å². The molecule has 0 aliphatic carbocycles. The van der Waals surface area contributed by atoms with Crippen molar-refractivity contribution in [2.75, 3.05) is 24.2 Å². The Morgan fingerprint density at radius 1 is 1.38 bits per heavy atom. The molecule has 1 amide bonds. The van der Waals surface area contributed by atoms with E-state index in [0.717, 1.165) is 37.4 Å². The molecule has 0 aromatic heterocycles. The van der Waals surface area contributed by atoms with E-state index in [1.807, 2.05) is 38.1 Å². The van der Waals surface area contributed by atoms with E-state index in [1.54, 1.807) is 11.8 Å². The van der Waals surface area contributed by atoms with E-state index in [9.17, 15) is 4.79 Å². The van der Waals surface area contributed by atoms with Gasteiger partial charge in [0.25, 0.3) is 0 Å². The lowest BCUT2D eigenvalue weighted by molar-refractivity contribution is -0.113. The first-order valence-corrected chi connectivity index (χ1v) is 8.58. The van der Waals surface area contributed by atoms with Gasteiger partial charge in [-0.2, -0.15) is 0 Å². The maximum absolute atomic E-state index is 12.1. The standard InChI is InChI=1S/C16H24N2O2S/c1-12(2)20-15-6-4-3-5-14(15)18-16(19)11-21-13-7-9-17-10-8-13/h3-6,12-13,17H,7-11H2,1-2H3,(H,18,19). The number of hydrogen-bond acceptors (Lipinski definition) is 4. The second-order valence-electron chi connectivity index (χ2n) is 5.47. The third kappa shape index (κ3) is 5.59. The molecule has 0 atom stereocenters. The minimum Gasteiger partial charge on any atom is -0.489 e. The minimum atomic E-state index is 0.0401. The molecule has 0 saturated carbocycles. The van der Waals surface area contributed by atoms with Crippen LogP contribution in [0.15, 0.2) is 24.3 Å². The van der Waals surface area contributed by atoms with Crippen LogP contribution < -0.4 is 15.4 Å². The molecule has 2 rings (SSSR count). The van der Waals surface area contributed by atoms with Gasteiger partial charge in [0.05, 0.1) is 17.5 Å². The van der Waals surface area contributed by atoms with Crippen molar-refractivity contribution in [3.05, 3.63) is 24.3 Å². The van der Waals surface area contributed by atoms with Crippen molar-refractivity contribution >= 4 is 23.4 Å². The van der Waals surface area contributed by atoms with Crippen LogP contribution in [-0.2, 0) is 4.79 Å². The Bertz CT molecular complexity index is 459. The van der Waals surface area contributed by atoms with Gasteiger partial charge in [-0.1, -0.05) is 12.1 Å². The number of carbonyl (C=O) groups is 1. The van der Waals surface area contributed by atoms with Gasteiger partial charge < -0.3 is 15.4 Å². The molecule has 0 spiro atoms. The van der Waals surface area contributed by atoms with E-state index >= 15 is 0 Å². The summed E-state index contributed by atoms with van der Waals surface area (Å²) < 4.78 is 5.71. The van der Waals surface area contributed by atoms with Gasteiger partial charge in [-0.25, -0.2) is 0 Å². The number of rotatable bonds is 6. The Labute approximate surface area is 131 Å². The van der Waals surface area contributed by atoms with E-state index in [4.69, 9.17) is 4.74 Å². The van der Waals surface area contributed by atoms with Gasteiger partial charge in [-0.3, -0.25) is 4.79 Å². The lowest BCUT2D eigenvalue weighted by Crippen LogP contribution is -2.30. The number of hydrogen-bond donors (Lipinski definition) is 2. The van der Waals surface area contributed by atoms with Crippen molar-refractivity contribution in [1.82, 2.24) is 5.32 Å². The second-order valence-corrected chi connectivity index (χ2v) is 6.76. The Kier molecular flexibility index (Phi) is 6.39. The van der Waals surface area contributed by atoms with Gasteiger partial charge in [-0.05, 0) is 51.9 Å². The predicted molar refractivity (Wildman–Crippen MR) is 89.2 cm³/mol. The molecule has 1 fully saturated rings. The largest absolute Gasteiger partial charge is 0.489 e. The van der Waals surface area contributed by atoms with Gasteiger partial charge in [-0.15, -0.1) is 11.8 Å². The summed E-state index contributed by atoms with van der Waals surface area (Å²) in [6.45, 7) is 6.08. The molecule has 1 heterocycles. The number of thioether (sulfide) groups is 1. The average Bonchev–Trinajstić information content (AvgIpc) is 2.48. The molecule has 1 aliphatic heterocycles. The third-order valence-corrected chi connectivity index (χ3v) is 4.63. The Balaban J connectivity index is 1.84. The summed E-state index contributed by atoms with van der Waals surface area (Å²) in [5.74, 6) is 1.27. The molecule has 1 aliphatic rings. The topological polar surface area (TPSA) is 50.4 Å². The first-order valence-electron chi connectivity index (χ1n) is 7.53. The smallest absolute Gasteiger partial charge is 0.234 e. The highest BCUT2D eigenvalue weighted by Crippen LogP contribution is 2.26. The number of ether oxygens (including phenoxy) is 1. The van der Waals surface area contributed by atoms with Gasteiger partial charge in [0.15, 0.2) is 0 Å². The highest BCUT2D eigenvalue weighted by Gasteiger charge is 2.15. The van der Waals surface area contributed by atoms with Crippen molar-refractivity contribution < 1.29 is 9.53 Å². The fourth-order valence-corrected chi connectivity index (χ4v) is 3.30. The minimum absolute atomic E-state index is 0.0401. The molecule has 2 N–H and O–H groups in total. The summed E-state index contributed by atoms with van der Waals surface area (Å²) in [6, 6.07) is 7.58. The first-order chi connectivity index (χ1) is 10.1. The summed E-state index contributed by atoms with van der Waals surface area (Å²) in [7, 11) is 0. The molecule has 1 aromatic rings. The molecule has 0 radical (unpaired) electrons. The quantitative estimate of drug-likeness (QED) is 0.848. The summed E-state index contributed by atoms with van der Waals surface area (Å²) in [5.41, 5.74) is 0.752. The van der Waals surface area contributed by atoms with Crippen molar-refractivity contribution in [1.29, 1.82) is 0 Å². The first kappa shape index (κ1) is 16.2. The lowest BCUT2D eigenvalue weighted by Gasteiger charge is -2.21. The number of benzene rings is 1. The van der Waals surface area contributed by atoms with Gasteiger partial charge in [0.2, 0.25) is 5.91 Å². The molecule has 0 bridgehead atoms. The SMILES string of the molecule is CC(C)Oc1ccccc1NC(=O)CSC1CCNCC1. The van der Waals surface area contributed by atoms with E-state index in [-0.39, 0.29) is 12.0 Å². The van der Waals surface area contributed by atoms with Crippen molar-refractivity contribution in [3.63, 3.8) is 0 Å². The zero-order chi connectivity index (χ0) is 15.1. The predicted octanol–water partition coefficient (Wildman–Crippen LogP) is 2.90. The van der Waals surface area contributed by atoms with Crippen molar-refractivity contribution in [2.24, 2.45) is 0 Å². The third-order valence-electron chi connectivity index (χ3n) is 3.26. The molecule has 1 aromatic carbocycles. The van der Waals surface area contributed by atoms with E-state index in [1.165, 1.54) is 0 Å². The maximum Gasteiger partial charge on any atom is 0.234 e. The van der Waals surface area contributed by atoms with Crippen LogP contribution in [0.3, 0.4) is 0 Å². The van der Waals surface area contributed by atoms with Crippen LogP contribution in [0.4, 0.5) is 5.69 Å². The van der Waals surface area contributed by atoms with Crippen LogP contribution in [0.5, 0.6) is 5.75 Å². The fourth-order valence-electron chi connectivity index (χ4n) is 2.27. The summed E-state index contributed by atoms with van der Waals surface area (Å²) in [5, 5.41) is 6.89. The van der Waals surface area contributed by atoms with Gasteiger partial charge in [0, 0.05) is 5.25 Å². The summed E-state index contributed by atoms with van der Waals surface area (Å²) in [4.78, 5) is 12.1. The Morgan fingerprint density at radius 3 is 2.81 bits per heavy atom. The van der Waals surface area contributed by atoms with E-state index in [2.05, 4.69) is 10.6 Å². The molecular weight excluding hydrogens is 284 g/mol. The van der Waals surface area contributed by atoms with Gasteiger partial charge >= 0.3 is 0 Å². The Hall–Kier alpha value is -1.20. The lowest BCUT2D eigenvalue weighted by atomic mass is 10.2. The zero-order valence-electron chi connectivity index (χ0n) is 12.7. The van der Waals surface area contributed by atoms with Crippen molar-refractivity contribution in [2.45, 2.75) is 38.0 Å². The Morgan fingerprint density at radius 2 is 2.10 bits per heavy atom. The average molecular weight is 308 g/mol. The van der Waals surface area contributed by atoms with Crippen LogP contribution in [0, 0.1) is 0 Å². The zero-order valence-corrected chi connectivity index (χ0v) is 13.5. The van der Waals surface area contributed by atoms with Crippen molar-refractivity contribution in [3.8, 4) is 5.75 Å². The van der Waals surface area contributed by atoms with E-state index < -0.39 is 0 Å². The molecule has 1 saturated heterocycles. The summed E-state index contributed by atoms with van der Waals surface area (Å²) in [6.07, 6.45) is 2.38. The number of piperidine rings is 1. The summed E-state index contributed by atoms with van der Waals surface area (Å²) >= 11 is 1.75. The molecular formula is C16H24N2O2S. The maximum atomic E-state index is 12.1. The molecule has 116 valence electrons. The number of nitrogens with one attached hydrogen (secondary N) is 2. The molecule has 21 heavy (non-hydrogen) atoms.